The van der Waals surface area contributed by atoms with E-state index in [-0.39, 0.29) is 23.5 Å². The highest BCUT2D eigenvalue weighted by Gasteiger charge is 2.25. The van der Waals surface area contributed by atoms with Crippen molar-refractivity contribution in [3.8, 4) is 5.75 Å². The van der Waals surface area contributed by atoms with E-state index in [1.807, 2.05) is 30.3 Å². The molecule has 0 unspecified atom stereocenters. The Balaban J connectivity index is 1.89. The molecule has 1 heterocycles. The number of nitrogens with zero attached hydrogens (tertiary/aromatic N) is 3. The Morgan fingerprint density at radius 3 is 2.71 bits per heavy atom. The predicted molar refractivity (Wildman–Crippen MR) is 88.2 cm³/mol. The average molecular weight is 353 g/mol. The summed E-state index contributed by atoms with van der Waals surface area (Å²) in [5.74, 6) is -0.0809. The van der Waals surface area contributed by atoms with E-state index in [0.717, 1.165) is 0 Å². The summed E-state index contributed by atoms with van der Waals surface area (Å²) in [6.45, 7) is 3.51. The lowest BCUT2D eigenvalue weighted by atomic mass is 10.3. The Labute approximate surface area is 143 Å². The molecule has 1 aromatic carbocycles. The SMILES string of the molecule is Cc1c(Cl)c([N+](=O)[O-])nn1CC(=O)N[C@H](C)COc1ccccc1. The summed E-state index contributed by atoms with van der Waals surface area (Å²) in [5, 5.41) is 17.2. The molecule has 8 nitrogen and oxygen atoms in total. The van der Waals surface area contributed by atoms with Gasteiger partial charge in [0.2, 0.25) is 5.91 Å². The van der Waals surface area contributed by atoms with E-state index >= 15 is 0 Å². The van der Waals surface area contributed by atoms with E-state index in [1.54, 1.807) is 13.8 Å². The molecule has 24 heavy (non-hydrogen) atoms. The van der Waals surface area contributed by atoms with Crippen molar-refractivity contribution in [3.05, 3.63) is 51.2 Å². The van der Waals surface area contributed by atoms with Crippen molar-refractivity contribution in [2.24, 2.45) is 0 Å². The number of carbonyl (C=O) groups excluding carboxylic acids is 1. The topological polar surface area (TPSA) is 99.3 Å². The standard InChI is InChI=1S/C15H17ClN4O4/c1-10(9-24-12-6-4-3-5-7-12)17-13(21)8-19-11(2)14(16)15(18-19)20(22)23/h3-7,10H,8-9H2,1-2H3,(H,17,21)/t10-/m1/s1. The minimum Gasteiger partial charge on any atom is -0.491 e. The number of rotatable bonds is 7. The molecule has 0 saturated carbocycles. The maximum absolute atomic E-state index is 12.0. The summed E-state index contributed by atoms with van der Waals surface area (Å²) >= 11 is 5.84. The van der Waals surface area contributed by atoms with E-state index < -0.39 is 10.7 Å². The minimum absolute atomic E-state index is 0.0618. The number of aromatic nitrogens is 2. The quantitative estimate of drug-likeness (QED) is 0.609. The summed E-state index contributed by atoms with van der Waals surface area (Å²) in [5.41, 5.74) is 0.367. The van der Waals surface area contributed by atoms with Crippen molar-refractivity contribution >= 4 is 23.3 Å². The van der Waals surface area contributed by atoms with Crippen molar-refractivity contribution in [3.63, 3.8) is 0 Å². The van der Waals surface area contributed by atoms with Crippen molar-refractivity contribution in [2.45, 2.75) is 26.4 Å². The van der Waals surface area contributed by atoms with Gasteiger partial charge in [0.25, 0.3) is 0 Å². The van der Waals surface area contributed by atoms with Gasteiger partial charge in [-0.05, 0) is 30.9 Å². The number of hydrogen-bond donors (Lipinski definition) is 1. The molecule has 2 aromatic rings. The molecule has 1 atom stereocenters. The number of benzene rings is 1. The van der Waals surface area contributed by atoms with Gasteiger partial charge in [0, 0.05) is 0 Å². The fourth-order valence-electron chi connectivity index (χ4n) is 2.02. The molecular formula is C15H17ClN4O4. The maximum Gasteiger partial charge on any atom is 0.408 e. The summed E-state index contributed by atoms with van der Waals surface area (Å²) < 4.78 is 6.76. The number of carbonyl (C=O) groups is 1. The normalized spacial score (nSPS) is 11.8. The molecule has 128 valence electrons. The Morgan fingerprint density at radius 1 is 1.46 bits per heavy atom. The van der Waals surface area contributed by atoms with E-state index in [4.69, 9.17) is 16.3 Å². The number of nitrogens with one attached hydrogen (secondary N) is 1. The molecule has 0 saturated heterocycles. The number of halogens is 1. The molecule has 1 aromatic heterocycles. The molecule has 1 N–H and O–H groups in total. The molecule has 1 amide bonds. The molecule has 0 aliphatic carbocycles. The number of para-hydroxylation sites is 1. The Kier molecular flexibility index (Phi) is 5.75. The average Bonchev–Trinajstić information content (AvgIpc) is 2.82. The first-order valence-corrected chi connectivity index (χ1v) is 7.60. The lowest BCUT2D eigenvalue weighted by Crippen LogP contribution is -2.39. The van der Waals surface area contributed by atoms with Crippen LogP contribution in [0.25, 0.3) is 0 Å². The number of ether oxygens (including phenoxy) is 1. The van der Waals surface area contributed by atoms with Crippen LogP contribution in [0.5, 0.6) is 5.75 Å². The first-order valence-electron chi connectivity index (χ1n) is 7.23. The van der Waals surface area contributed by atoms with Gasteiger partial charge in [-0.15, -0.1) is 0 Å². The highest BCUT2D eigenvalue weighted by Crippen LogP contribution is 2.26. The van der Waals surface area contributed by atoms with Crippen LogP contribution >= 0.6 is 11.6 Å². The molecule has 9 heteroatoms. The van der Waals surface area contributed by atoms with Gasteiger partial charge in [-0.1, -0.05) is 29.8 Å². The van der Waals surface area contributed by atoms with Crippen molar-refractivity contribution in [2.75, 3.05) is 6.61 Å². The van der Waals surface area contributed by atoms with Crippen LogP contribution in [0.2, 0.25) is 5.02 Å². The number of amides is 1. The van der Waals surface area contributed by atoms with Crippen molar-refractivity contribution < 1.29 is 14.5 Å². The van der Waals surface area contributed by atoms with Crippen LogP contribution in [-0.4, -0.2) is 33.3 Å². The Hall–Kier alpha value is -2.61. The lowest BCUT2D eigenvalue weighted by Gasteiger charge is -2.14. The molecule has 0 aliphatic rings. The molecule has 0 bridgehead atoms. The second-order valence-electron chi connectivity index (χ2n) is 5.23. The zero-order valence-electron chi connectivity index (χ0n) is 13.2. The van der Waals surface area contributed by atoms with Crippen LogP contribution in [0.4, 0.5) is 5.82 Å². The first kappa shape index (κ1) is 17.7. The highest BCUT2D eigenvalue weighted by molar-refractivity contribution is 6.33. The Bertz CT molecular complexity index is 733. The fraction of sp³-hybridized carbons (Fsp3) is 0.333. The van der Waals surface area contributed by atoms with Gasteiger partial charge in [0.15, 0.2) is 5.02 Å². The van der Waals surface area contributed by atoms with Crippen LogP contribution in [0.3, 0.4) is 0 Å². The van der Waals surface area contributed by atoms with Crippen molar-refractivity contribution in [1.29, 1.82) is 0 Å². The zero-order valence-corrected chi connectivity index (χ0v) is 14.0. The largest absolute Gasteiger partial charge is 0.491 e. The summed E-state index contributed by atoms with van der Waals surface area (Å²) in [7, 11) is 0. The van der Waals surface area contributed by atoms with Gasteiger partial charge in [-0.25, -0.2) is 0 Å². The third-order valence-corrected chi connectivity index (χ3v) is 3.68. The van der Waals surface area contributed by atoms with Crippen molar-refractivity contribution in [1.82, 2.24) is 15.1 Å². The second kappa shape index (κ2) is 7.78. The van der Waals surface area contributed by atoms with Gasteiger partial charge < -0.3 is 20.2 Å². The molecular weight excluding hydrogens is 336 g/mol. The van der Waals surface area contributed by atoms with Crippen LogP contribution < -0.4 is 10.1 Å². The Morgan fingerprint density at radius 2 is 2.12 bits per heavy atom. The third-order valence-electron chi connectivity index (χ3n) is 3.23. The van der Waals surface area contributed by atoms with Crippen LogP contribution in [-0.2, 0) is 11.3 Å². The molecule has 0 radical (unpaired) electrons. The van der Waals surface area contributed by atoms with Crippen LogP contribution in [0.1, 0.15) is 12.6 Å². The van der Waals surface area contributed by atoms with Gasteiger partial charge in [0.1, 0.15) is 18.9 Å². The van der Waals surface area contributed by atoms with E-state index in [2.05, 4.69) is 10.4 Å². The summed E-state index contributed by atoms with van der Waals surface area (Å²) in [6.07, 6.45) is 0. The third kappa shape index (κ3) is 4.45. The highest BCUT2D eigenvalue weighted by atomic mass is 35.5. The van der Waals surface area contributed by atoms with Gasteiger partial charge in [0.05, 0.1) is 16.8 Å². The number of nitro groups is 1. The van der Waals surface area contributed by atoms with Gasteiger partial charge in [-0.3, -0.25) is 4.79 Å². The molecule has 0 fully saturated rings. The second-order valence-corrected chi connectivity index (χ2v) is 5.61. The fourth-order valence-corrected chi connectivity index (χ4v) is 2.22. The molecule has 0 aliphatic heterocycles. The van der Waals surface area contributed by atoms with Crippen LogP contribution in [0, 0.1) is 17.0 Å². The molecule has 0 spiro atoms. The summed E-state index contributed by atoms with van der Waals surface area (Å²) in [4.78, 5) is 22.2. The van der Waals surface area contributed by atoms with E-state index in [9.17, 15) is 14.9 Å². The van der Waals surface area contributed by atoms with E-state index in [0.29, 0.717) is 18.1 Å². The molecule has 2 rings (SSSR count). The predicted octanol–water partition coefficient (Wildman–Crippen LogP) is 2.34. The van der Waals surface area contributed by atoms with Gasteiger partial charge >= 0.3 is 5.82 Å². The monoisotopic (exact) mass is 352 g/mol. The summed E-state index contributed by atoms with van der Waals surface area (Å²) in [6, 6.07) is 9.00. The minimum atomic E-state index is -0.680. The van der Waals surface area contributed by atoms with E-state index in [1.165, 1.54) is 4.68 Å². The maximum atomic E-state index is 12.0. The van der Waals surface area contributed by atoms with Gasteiger partial charge in [-0.2, -0.15) is 4.68 Å². The smallest absolute Gasteiger partial charge is 0.408 e. The van der Waals surface area contributed by atoms with Crippen LogP contribution in [0.15, 0.2) is 30.3 Å². The lowest BCUT2D eigenvalue weighted by molar-refractivity contribution is -0.389. The first-order chi connectivity index (χ1) is 11.4. The number of hydrogen-bond acceptors (Lipinski definition) is 5. The zero-order chi connectivity index (χ0) is 17.7.